The van der Waals surface area contributed by atoms with Gasteiger partial charge in [0.05, 0.1) is 37.6 Å². The monoisotopic (exact) mass is 1060 g/mol. The third-order valence-corrected chi connectivity index (χ3v) is 16.5. The Morgan fingerprint density at radius 2 is 0.551 bits per heavy atom. The lowest BCUT2D eigenvalue weighted by atomic mass is 9.72. The Morgan fingerprint density at radius 3 is 0.846 bits per heavy atom. The number of carbonyl (C=O) groups excluding carboxylic acids is 2. The molecule has 8 rings (SSSR count). The number of cyclic esters (lactones) is 2. The summed E-state index contributed by atoms with van der Waals surface area (Å²) in [6.07, 6.45) is 25.6. The number of rotatable bonds is 4. The molecule has 0 N–H and O–H groups in total. The molecule has 3 aliphatic rings. The van der Waals surface area contributed by atoms with Crippen molar-refractivity contribution < 1.29 is 38.0 Å². The van der Waals surface area contributed by atoms with Gasteiger partial charge in [0.25, 0.3) is 0 Å². The fourth-order valence-electron chi connectivity index (χ4n) is 12.5. The van der Waals surface area contributed by atoms with Crippen LogP contribution in [0.25, 0.3) is 0 Å². The highest BCUT2D eigenvalue weighted by molar-refractivity contribution is 5.91. The molecule has 0 fully saturated rings. The highest BCUT2D eigenvalue weighted by Gasteiger charge is 2.54. The Balaban J connectivity index is 0.886. The predicted molar refractivity (Wildman–Crippen MR) is 312 cm³/mol. The SMILES string of the molecule is CC1=C2C(=O)OCCCCCCOc3ccccc3OCCCCCCOC(=O)C3=C(C)OC(c4ccccc4)(c4ccccc4)C3CCCCCCCCCCCCCCCCC2C(c2ccccc2)(c2ccccc2)O1. The standard InChI is InChI=1S/C70H88O8/c1-55-65-61(69(77-55,57-39-23-19-24-40-57)58-41-25-20-26-42-58)47-31-13-11-9-7-5-3-4-6-8-10-12-14-32-48-62-66(56(2)78-70(62,59-43-27-21-28-44-59)60-45-29-22-30-46-60)68(72)76-54-38-18-16-36-52-74-64-50-34-33-49-63(64)73-51-35-15-17-37-53-75-67(65)71/h19-30,33-34,39-46,49-50,61-62H,3-18,31-32,35-38,47-48,51-54H2,1-2H3. The Bertz CT molecular complexity index is 2360. The van der Waals surface area contributed by atoms with Gasteiger partial charge in [-0.3, -0.25) is 0 Å². The van der Waals surface area contributed by atoms with Crippen LogP contribution in [0.2, 0.25) is 0 Å². The summed E-state index contributed by atoms with van der Waals surface area (Å²) in [5.41, 5.74) is 4.00. The molecule has 0 aliphatic carbocycles. The van der Waals surface area contributed by atoms with E-state index in [4.69, 9.17) is 28.4 Å². The maximum atomic E-state index is 14.2. The van der Waals surface area contributed by atoms with Gasteiger partial charge in [0.2, 0.25) is 0 Å². The maximum absolute atomic E-state index is 14.2. The largest absolute Gasteiger partial charge is 0.490 e. The molecular formula is C70H88O8. The van der Waals surface area contributed by atoms with Crippen molar-refractivity contribution in [2.75, 3.05) is 26.4 Å². The first kappa shape index (κ1) is 57.9. The van der Waals surface area contributed by atoms with E-state index in [1.807, 2.05) is 62.4 Å². The molecule has 0 saturated heterocycles. The van der Waals surface area contributed by atoms with E-state index in [0.29, 0.717) is 49.1 Å². The van der Waals surface area contributed by atoms with Gasteiger partial charge in [0.15, 0.2) is 22.7 Å². The number of ether oxygens (including phenoxy) is 6. The molecule has 0 saturated carbocycles. The zero-order valence-electron chi connectivity index (χ0n) is 47.1. The van der Waals surface area contributed by atoms with Crippen molar-refractivity contribution in [3.8, 4) is 11.5 Å². The van der Waals surface area contributed by atoms with E-state index < -0.39 is 11.2 Å². The molecule has 0 amide bonds. The molecule has 0 bridgehead atoms. The van der Waals surface area contributed by atoms with Crippen LogP contribution in [0.3, 0.4) is 0 Å². The van der Waals surface area contributed by atoms with Crippen LogP contribution in [0.15, 0.2) is 168 Å². The summed E-state index contributed by atoms with van der Waals surface area (Å²) < 4.78 is 38.7. The quantitative estimate of drug-likeness (QED) is 0.165. The molecule has 3 heterocycles. The Kier molecular flexibility index (Phi) is 22.8. The number of allylic oxidation sites excluding steroid dienone is 2. The average Bonchev–Trinajstić information content (AvgIpc) is 4.15. The summed E-state index contributed by atoms with van der Waals surface area (Å²) in [7, 11) is 0. The van der Waals surface area contributed by atoms with Crippen molar-refractivity contribution in [1.82, 2.24) is 0 Å². The Hall–Kier alpha value is -6.28. The van der Waals surface area contributed by atoms with Gasteiger partial charge in [-0.15, -0.1) is 0 Å². The second kappa shape index (κ2) is 30.8. The minimum atomic E-state index is -0.808. The molecule has 5 aromatic carbocycles. The summed E-state index contributed by atoms with van der Waals surface area (Å²) >= 11 is 0. The molecule has 2 atom stereocenters. The van der Waals surface area contributed by atoms with Crippen molar-refractivity contribution in [3.05, 3.63) is 191 Å². The van der Waals surface area contributed by atoms with Gasteiger partial charge in [0.1, 0.15) is 11.5 Å². The highest BCUT2D eigenvalue weighted by atomic mass is 16.6. The predicted octanol–water partition coefficient (Wildman–Crippen LogP) is 17.6. The smallest absolute Gasteiger partial charge is 0.337 e. The lowest BCUT2D eigenvalue weighted by Gasteiger charge is -2.37. The number of hydrogen-bond donors (Lipinski definition) is 0. The van der Waals surface area contributed by atoms with Crippen molar-refractivity contribution in [2.24, 2.45) is 11.8 Å². The van der Waals surface area contributed by atoms with Gasteiger partial charge in [-0.1, -0.05) is 223 Å². The third-order valence-electron chi connectivity index (χ3n) is 16.5. The van der Waals surface area contributed by atoms with E-state index in [0.717, 1.165) is 124 Å². The average molecular weight is 1060 g/mol. The number of esters is 2. The zero-order valence-corrected chi connectivity index (χ0v) is 47.1. The number of fused-ring (bicyclic) bond motifs is 3. The molecule has 2 unspecified atom stereocenters. The Morgan fingerprint density at radius 1 is 0.308 bits per heavy atom. The molecule has 416 valence electrons. The highest BCUT2D eigenvalue weighted by Crippen LogP contribution is 2.55. The first-order valence-corrected chi connectivity index (χ1v) is 30.1. The minimum Gasteiger partial charge on any atom is -0.490 e. The van der Waals surface area contributed by atoms with Crippen LogP contribution in [0, 0.1) is 11.8 Å². The second-order valence-electron chi connectivity index (χ2n) is 22.0. The maximum Gasteiger partial charge on any atom is 0.337 e. The molecular weight excluding hydrogens is 969 g/mol. The minimum absolute atomic E-state index is 0.172. The van der Waals surface area contributed by atoms with Gasteiger partial charge >= 0.3 is 11.9 Å². The van der Waals surface area contributed by atoms with Gasteiger partial charge in [0, 0.05) is 34.1 Å². The molecule has 0 aromatic heterocycles. The van der Waals surface area contributed by atoms with Gasteiger partial charge in [-0.2, -0.15) is 0 Å². The van der Waals surface area contributed by atoms with Crippen LogP contribution in [0.1, 0.15) is 190 Å². The second-order valence-corrected chi connectivity index (χ2v) is 22.0. The molecule has 78 heavy (non-hydrogen) atoms. The molecule has 8 nitrogen and oxygen atoms in total. The summed E-state index contributed by atoms with van der Waals surface area (Å²) in [4.78, 5) is 28.4. The molecule has 8 heteroatoms. The van der Waals surface area contributed by atoms with Gasteiger partial charge < -0.3 is 28.4 Å². The molecule has 0 radical (unpaired) electrons. The van der Waals surface area contributed by atoms with Crippen LogP contribution in [-0.4, -0.2) is 38.4 Å². The van der Waals surface area contributed by atoms with Crippen LogP contribution in [0.4, 0.5) is 0 Å². The summed E-state index contributed by atoms with van der Waals surface area (Å²) in [5.74, 6) is 1.98. The fraction of sp³-hybridized carbons (Fsp3) is 0.486. The lowest BCUT2D eigenvalue weighted by Crippen LogP contribution is -2.37. The van der Waals surface area contributed by atoms with Crippen molar-refractivity contribution in [1.29, 1.82) is 0 Å². The van der Waals surface area contributed by atoms with Gasteiger partial charge in [-0.25, -0.2) is 9.59 Å². The summed E-state index contributed by atoms with van der Waals surface area (Å²) in [6, 6.07) is 49.8. The first-order chi connectivity index (χ1) is 38.4. The van der Waals surface area contributed by atoms with E-state index in [1.54, 1.807) is 0 Å². The molecule has 3 aliphatic heterocycles. The lowest BCUT2D eigenvalue weighted by molar-refractivity contribution is -0.140. The summed E-state index contributed by atoms with van der Waals surface area (Å²) in [5, 5.41) is 0. The van der Waals surface area contributed by atoms with Crippen molar-refractivity contribution in [2.45, 2.75) is 179 Å². The van der Waals surface area contributed by atoms with E-state index in [-0.39, 0.29) is 23.8 Å². The van der Waals surface area contributed by atoms with E-state index >= 15 is 0 Å². The Labute approximate surface area is 467 Å². The normalized spacial score (nSPS) is 21.8. The summed E-state index contributed by atoms with van der Waals surface area (Å²) in [6.45, 7) is 5.79. The topological polar surface area (TPSA) is 89.5 Å². The van der Waals surface area contributed by atoms with E-state index in [2.05, 4.69) is 97.1 Å². The molecule has 5 aromatic rings. The zero-order chi connectivity index (χ0) is 54.1. The molecule has 0 spiro atoms. The van der Waals surface area contributed by atoms with Crippen LogP contribution < -0.4 is 9.47 Å². The number of hydrogen-bond acceptors (Lipinski definition) is 8. The third kappa shape index (κ3) is 15.1. The van der Waals surface area contributed by atoms with Crippen LogP contribution in [-0.2, 0) is 39.7 Å². The van der Waals surface area contributed by atoms with Gasteiger partial charge in [-0.05, 0) is 90.2 Å². The van der Waals surface area contributed by atoms with E-state index in [1.165, 1.54) is 64.2 Å². The number of para-hydroxylation sites is 2. The number of carbonyl (C=O) groups is 2. The van der Waals surface area contributed by atoms with Crippen molar-refractivity contribution in [3.63, 3.8) is 0 Å². The fourth-order valence-corrected chi connectivity index (χ4v) is 12.5. The number of benzene rings is 5. The first-order valence-electron chi connectivity index (χ1n) is 30.1. The van der Waals surface area contributed by atoms with E-state index in [9.17, 15) is 9.59 Å². The van der Waals surface area contributed by atoms with Crippen LogP contribution in [0.5, 0.6) is 11.5 Å². The van der Waals surface area contributed by atoms with Crippen LogP contribution >= 0.6 is 0 Å². The van der Waals surface area contributed by atoms with Crippen molar-refractivity contribution >= 4 is 11.9 Å².